The Morgan fingerprint density at radius 1 is 1.24 bits per heavy atom. The topological polar surface area (TPSA) is 67.0 Å². The lowest BCUT2D eigenvalue weighted by atomic mass is 10.2. The van der Waals surface area contributed by atoms with Gasteiger partial charge in [0.25, 0.3) is 0 Å². The number of carbonyl (C=O) groups is 1. The van der Waals surface area contributed by atoms with E-state index in [1.54, 1.807) is 6.20 Å². The highest BCUT2D eigenvalue weighted by Crippen LogP contribution is 2.39. The number of aromatic amines is 1. The second-order valence-corrected chi connectivity index (χ2v) is 5.27. The highest BCUT2D eigenvalue weighted by molar-refractivity contribution is 7.99. The third kappa shape index (κ3) is 2.85. The average molecular weight is 299 g/mol. The van der Waals surface area contributed by atoms with E-state index < -0.39 is 6.09 Å². The first-order chi connectivity index (χ1) is 10.3. The molecular formula is C15H13N3O2S. The number of nitrogens with one attached hydrogen (secondary N) is 2. The van der Waals surface area contributed by atoms with E-state index in [1.807, 2.05) is 42.5 Å². The van der Waals surface area contributed by atoms with Crippen molar-refractivity contribution in [2.75, 3.05) is 7.05 Å². The maximum Gasteiger partial charge on any atom is 0.413 e. The number of nitrogens with zero attached hydrogens (tertiary/aromatic N) is 1. The minimum absolute atomic E-state index is 0.422. The molecule has 2 heterocycles. The zero-order chi connectivity index (χ0) is 14.7. The molecule has 0 fully saturated rings. The summed E-state index contributed by atoms with van der Waals surface area (Å²) in [5.74, 6) is 0.422. The molecule has 0 aliphatic heterocycles. The van der Waals surface area contributed by atoms with Crippen LogP contribution in [-0.2, 0) is 0 Å². The number of pyridine rings is 1. The molecule has 1 aromatic carbocycles. The summed E-state index contributed by atoms with van der Waals surface area (Å²) in [6.07, 6.45) is 1.22. The molecule has 3 aromatic rings. The van der Waals surface area contributed by atoms with Crippen molar-refractivity contribution >= 4 is 28.8 Å². The number of H-pyrrole nitrogens is 1. The quantitative estimate of drug-likeness (QED) is 0.777. The number of amides is 1. The number of ether oxygens (including phenoxy) is 1. The number of hydrogen-bond donors (Lipinski definition) is 2. The van der Waals surface area contributed by atoms with Gasteiger partial charge in [-0.05, 0) is 18.2 Å². The lowest BCUT2D eigenvalue weighted by molar-refractivity contribution is 0.200. The monoisotopic (exact) mass is 299 g/mol. The van der Waals surface area contributed by atoms with Crippen molar-refractivity contribution in [3.8, 4) is 5.88 Å². The van der Waals surface area contributed by atoms with Gasteiger partial charge < -0.3 is 15.0 Å². The van der Waals surface area contributed by atoms with Crippen LogP contribution in [0.25, 0.3) is 10.9 Å². The molecule has 0 atom stereocenters. The van der Waals surface area contributed by atoms with Gasteiger partial charge in [-0.15, -0.1) is 0 Å². The van der Waals surface area contributed by atoms with Gasteiger partial charge in [0, 0.05) is 24.1 Å². The van der Waals surface area contributed by atoms with Crippen LogP contribution in [-0.4, -0.2) is 23.1 Å². The molecule has 2 aromatic heterocycles. The van der Waals surface area contributed by atoms with Gasteiger partial charge >= 0.3 is 6.09 Å². The Morgan fingerprint density at radius 2 is 2.05 bits per heavy atom. The van der Waals surface area contributed by atoms with Gasteiger partial charge in [0.1, 0.15) is 5.03 Å². The lowest BCUT2D eigenvalue weighted by Gasteiger charge is -2.04. The molecule has 0 bridgehead atoms. The first kappa shape index (κ1) is 13.5. The van der Waals surface area contributed by atoms with E-state index in [0.29, 0.717) is 5.88 Å². The molecule has 5 nitrogen and oxygen atoms in total. The highest BCUT2D eigenvalue weighted by Gasteiger charge is 2.16. The molecule has 0 radical (unpaired) electrons. The van der Waals surface area contributed by atoms with Gasteiger partial charge in [-0.1, -0.05) is 36.0 Å². The number of fused-ring (bicyclic) bond motifs is 1. The molecule has 3 rings (SSSR count). The number of hydrogen-bond acceptors (Lipinski definition) is 4. The number of para-hydroxylation sites is 1. The second kappa shape index (κ2) is 5.88. The number of benzene rings is 1. The summed E-state index contributed by atoms with van der Waals surface area (Å²) in [7, 11) is 1.52. The van der Waals surface area contributed by atoms with E-state index in [4.69, 9.17) is 4.74 Å². The Morgan fingerprint density at radius 3 is 2.81 bits per heavy atom. The van der Waals surface area contributed by atoms with Gasteiger partial charge in [-0.2, -0.15) is 0 Å². The number of rotatable bonds is 3. The van der Waals surface area contributed by atoms with Crippen LogP contribution in [0.3, 0.4) is 0 Å². The van der Waals surface area contributed by atoms with Crippen molar-refractivity contribution in [2.24, 2.45) is 0 Å². The maximum absolute atomic E-state index is 11.5. The third-order valence-corrected chi connectivity index (χ3v) is 3.93. The Labute approximate surface area is 125 Å². The summed E-state index contributed by atoms with van der Waals surface area (Å²) in [6, 6.07) is 13.5. The van der Waals surface area contributed by atoms with Crippen LogP contribution < -0.4 is 10.1 Å². The average Bonchev–Trinajstić information content (AvgIpc) is 2.86. The molecule has 0 unspecified atom stereocenters. The van der Waals surface area contributed by atoms with Gasteiger partial charge in [0.05, 0.1) is 4.90 Å². The van der Waals surface area contributed by atoms with Crippen LogP contribution in [0.15, 0.2) is 58.6 Å². The van der Waals surface area contributed by atoms with Crippen LogP contribution in [0.4, 0.5) is 4.79 Å². The van der Waals surface area contributed by atoms with Crippen LogP contribution in [0.2, 0.25) is 0 Å². The van der Waals surface area contributed by atoms with Gasteiger partial charge in [-0.3, -0.25) is 0 Å². The standard InChI is InChI=1S/C15H13N3O2S/c1-16-15(19)20-14-13(21-12-8-4-5-9-17-12)10-6-2-3-7-11(10)18-14/h2-9,18H,1H3,(H,16,19). The Kier molecular flexibility index (Phi) is 3.79. The summed E-state index contributed by atoms with van der Waals surface area (Å²) >= 11 is 1.46. The normalized spacial score (nSPS) is 10.5. The molecule has 2 N–H and O–H groups in total. The van der Waals surface area contributed by atoms with E-state index >= 15 is 0 Å². The zero-order valence-electron chi connectivity index (χ0n) is 11.3. The molecular weight excluding hydrogens is 286 g/mol. The fourth-order valence-corrected chi connectivity index (χ4v) is 2.86. The van der Waals surface area contributed by atoms with Crippen LogP contribution in [0.5, 0.6) is 5.88 Å². The molecule has 106 valence electrons. The van der Waals surface area contributed by atoms with Crippen molar-refractivity contribution in [2.45, 2.75) is 9.92 Å². The van der Waals surface area contributed by atoms with E-state index in [1.165, 1.54) is 18.8 Å². The van der Waals surface area contributed by atoms with Crippen LogP contribution >= 0.6 is 11.8 Å². The molecule has 0 aliphatic carbocycles. The maximum atomic E-state index is 11.5. The lowest BCUT2D eigenvalue weighted by Crippen LogP contribution is -2.22. The first-order valence-corrected chi connectivity index (χ1v) is 7.18. The molecule has 0 aliphatic rings. The largest absolute Gasteiger partial charge is 0.413 e. The molecule has 0 saturated carbocycles. The van der Waals surface area contributed by atoms with Gasteiger partial charge in [0.15, 0.2) is 0 Å². The summed E-state index contributed by atoms with van der Waals surface area (Å²) in [5, 5.41) is 4.27. The van der Waals surface area contributed by atoms with Crippen molar-refractivity contribution in [3.63, 3.8) is 0 Å². The third-order valence-electron chi connectivity index (χ3n) is 2.87. The van der Waals surface area contributed by atoms with Crippen LogP contribution in [0, 0.1) is 0 Å². The minimum Gasteiger partial charge on any atom is -0.392 e. The van der Waals surface area contributed by atoms with Crippen molar-refractivity contribution in [1.82, 2.24) is 15.3 Å². The predicted molar refractivity (Wildman–Crippen MR) is 81.7 cm³/mol. The van der Waals surface area contributed by atoms with E-state index in [0.717, 1.165) is 20.8 Å². The van der Waals surface area contributed by atoms with Gasteiger partial charge in [0.2, 0.25) is 5.88 Å². The number of aromatic nitrogens is 2. The van der Waals surface area contributed by atoms with Crippen molar-refractivity contribution in [1.29, 1.82) is 0 Å². The predicted octanol–water partition coefficient (Wildman–Crippen LogP) is 3.43. The van der Waals surface area contributed by atoms with Crippen LogP contribution in [0.1, 0.15) is 0 Å². The van der Waals surface area contributed by atoms with Crippen molar-refractivity contribution in [3.05, 3.63) is 48.7 Å². The fourth-order valence-electron chi connectivity index (χ4n) is 1.92. The Hall–Kier alpha value is -2.47. The van der Waals surface area contributed by atoms with E-state index in [9.17, 15) is 4.79 Å². The Bertz CT molecular complexity index is 771. The number of carbonyl (C=O) groups excluding carboxylic acids is 1. The highest BCUT2D eigenvalue weighted by atomic mass is 32.2. The summed E-state index contributed by atoms with van der Waals surface area (Å²) < 4.78 is 5.30. The van der Waals surface area contributed by atoms with E-state index in [-0.39, 0.29) is 0 Å². The first-order valence-electron chi connectivity index (χ1n) is 6.37. The SMILES string of the molecule is CNC(=O)Oc1[nH]c2ccccc2c1Sc1ccccn1. The smallest absolute Gasteiger partial charge is 0.392 e. The summed E-state index contributed by atoms with van der Waals surface area (Å²) in [6.45, 7) is 0. The molecule has 1 amide bonds. The summed E-state index contributed by atoms with van der Waals surface area (Å²) in [5.41, 5.74) is 0.912. The van der Waals surface area contributed by atoms with Gasteiger partial charge in [-0.25, -0.2) is 9.78 Å². The molecule has 21 heavy (non-hydrogen) atoms. The minimum atomic E-state index is -0.510. The molecule has 0 spiro atoms. The zero-order valence-corrected chi connectivity index (χ0v) is 12.1. The van der Waals surface area contributed by atoms with E-state index in [2.05, 4.69) is 15.3 Å². The van der Waals surface area contributed by atoms with Crippen molar-refractivity contribution < 1.29 is 9.53 Å². The molecule has 0 saturated heterocycles. The molecule has 6 heteroatoms. The second-order valence-electron chi connectivity index (χ2n) is 4.24. The Balaban J connectivity index is 2.05. The fraction of sp³-hybridized carbons (Fsp3) is 0.0667. The summed E-state index contributed by atoms with van der Waals surface area (Å²) in [4.78, 5) is 19.7.